The number of fused-ring (bicyclic) bond motifs is 2. The minimum absolute atomic E-state index is 0.129. The predicted octanol–water partition coefficient (Wildman–Crippen LogP) is 5.57. The zero-order chi connectivity index (χ0) is 26.5. The lowest BCUT2D eigenvalue weighted by Crippen LogP contribution is -2.37. The number of rotatable bonds is 12. The number of aryl methyl sites for hydroxylation is 1. The van der Waals surface area contributed by atoms with Crippen molar-refractivity contribution < 1.29 is 18.7 Å². The minimum Gasteiger partial charge on any atom is -0.493 e. The van der Waals surface area contributed by atoms with E-state index in [0.717, 1.165) is 43.5 Å². The molecule has 0 spiro atoms. The number of hydrogen-bond acceptors (Lipinski definition) is 6. The molecule has 4 rings (SSSR count). The Hall–Kier alpha value is -3.32. The Bertz CT molecular complexity index is 1310. The molecule has 198 valence electrons. The van der Waals surface area contributed by atoms with Crippen LogP contribution >= 0.6 is 0 Å². The van der Waals surface area contributed by atoms with Crippen molar-refractivity contribution >= 4 is 16.9 Å². The number of ether oxygens (including phenoxy) is 2. The second kappa shape index (κ2) is 11.8. The standard InChI is InChI=1S/C30H38N2O5/c1-6-9-10-17-36-24-14-12-21(19-25(24)35-5)27-26-28(33)22-18-20(4)11-13-23(22)37-29(26)30(34)32(27)16-15-31(7-2)8-3/h11-14,18-19,27H,6-10,15-17H2,1-5H3. The molecule has 0 saturated heterocycles. The number of amides is 1. The molecule has 0 N–H and O–H groups in total. The highest BCUT2D eigenvalue weighted by atomic mass is 16.5. The maximum atomic E-state index is 13.8. The van der Waals surface area contributed by atoms with Crippen molar-refractivity contribution in [3.63, 3.8) is 0 Å². The van der Waals surface area contributed by atoms with Crippen molar-refractivity contribution in [1.29, 1.82) is 0 Å². The number of hydrogen-bond donors (Lipinski definition) is 0. The van der Waals surface area contributed by atoms with Gasteiger partial charge in [0, 0.05) is 13.1 Å². The van der Waals surface area contributed by atoms with E-state index in [9.17, 15) is 9.59 Å². The van der Waals surface area contributed by atoms with Crippen LogP contribution in [0.15, 0.2) is 45.6 Å². The number of nitrogens with zero attached hydrogens (tertiary/aromatic N) is 2. The zero-order valence-electron chi connectivity index (χ0n) is 22.6. The van der Waals surface area contributed by atoms with Crippen LogP contribution in [0.4, 0.5) is 0 Å². The summed E-state index contributed by atoms with van der Waals surface area (Å²) in [7, 11) is 1.61. The van der Waals surface area contributed by atoms with Crippen LogP contribution in [0.3, 0.4) is 0 Å². The van der Waals surface area contributed by atoms with E-state index in [-0.39, 0.29) is 17.1 Å². The van der Waals surface area contributed by atoms with Crippen LogP contribution in [-0.4, -0.2) is 55.6 Å². The van der Waals surface area contributed by atoms with Gasteiger partial charge in [0.15, 0.2) is 16.9 Å². The van der Waals surface area contributed by atoms with Gasteiger partial charge in [-0.05, 0) is 56.3 Å². The number of unbranched alkanes of at least 4 members (excludes halogenated alkanes) is 2. The van der Waals surface area contributed by atoms with Crippen molar-refractivity contribution in [2.24, 2.45) is 0 Å². The summed E-state index contributed by atoms with van der Waals surface area (Å²) in [6.45, 7) is 11.9. The molecular weight excluding hydrogens is 468 g/mol. The number of carbonyl (C=O) groups excluding carboxylic acids is 1. The van der Waals surface area contributed by atoms with Crippen molar-refractivity contribution in [2.75, 3.05) is 39.9 Å². The molecule has 1 unspecified atom stereocenters. The Morgan fingerprint density at radius 3 is 2.49 bits per heavy atom. The van der Waals surface area contributed by atoms with E-state index < -0.39 is 6.04 Å². The lowest BCUT2D eigenvalue weighted by atomic mass is 9.97. The van der Waals surface area contributed by atoms with E-state index in [1.54, 1.807) is 18.1 Å². The SMILES string of the molecule is CCCCCOc1ccc(C2c3c(oc4ccc(C)cc4c3=O)C(=O)N2CCN(CC)CC)cc1OC. The van der Waals surface area contributed by atoms with Gasteiger partial charge in [-0.1, -0.05) is 51.3 Å². The summed E-state index contributed by atoms with van der Waals surface area (Å²) in [5.41, 5.74) is 2.42. The van der Waals surface area contributed by atoms with Crippen LogP contribution in [0, 0.1) is 6.92 Å². The van der Waals surface area contributed by atoms with Gasteiger partial charge < -0.3 is 23.7 Å². The average Bonchev–Trinajstić information content (AvgIpc) is 3.19. The van der Waals surface area contributed by atoms with Gasteiger partial charge in [0.1, 0.15) is 5.58 Å². The Balaban J connectivity index is 1.79. The van der Waals surface area contributed by atoms with Crippen molar-refractivity contribution in [2.45, 2.75) is 53.0 Å². The summed E-state index contributed by atoms with van der Waals surface area (Å²) in [5, 5.41) is 0.491. The van der Waals surface area contributed by atoms with E-state index in [0.29, 0.717) is 47.7 Å². The Morgan fingerprint density at radius 1 is 1.00 bits per heavy atom. The Kier molecular flexibility index (Phi) is 8.54. The molecule has 2 heterocycles. The fourth-order valence-electron chi connectivity index (χ4n) is 5.01. The van der Waals surface area contributed by atoms with Gasteiger partial charge >= 0.3 is 0 Å². The lowest BCUT2D eigenvalue weighted by Gasteiger charge is -2.28. The van der Waals surface area contributed by atoms with Crippen molar-refractivity contribution in [1.82, 2.24) is 9.80 Å². The van der Waals surface area contributed by atoms with Gasteiger partial charge in [0.25, 0.3) is 5.91 Å². The fraction of sp³-hybridized carbons (Fsp3) is 0.467. The molecule has 1 amide bonds. The average molecular weight is 507 g/mol. The highest BCUT2D eigenvalue weighted by Crippen LogP contribution is 2.41. The van der Waals surface area contributed by atoms with Gasteiger partial charge in [0.05, 0.1) is 30.7 Å². The topological polar surface area (TPSA) is 72.2 Å². The first-order valence-electron chi connectivity index (χ1n) is 13.3. The van der Waals surface area contributed by atoms with Crippen LogP contribution in [-0.2, 0) is 0 Å². The van der Waals surface area contributed by atoms with Gasteiger partial charge in [-0.15, -0.1) is 0 Å². The summed E-state index contributed by atoms with van der Waals surface area (Å²) in [4.78, 5) is 31.5. The molecule has 0 bridgehead atoms. The van der Waals surface area contributed by atoms with E-state index in [4.69, 9.17) is 13.9 Å². The molecule has 1 atom stereocenters. The molecule has 7 nitrogen and oxygen atoms in total. The number of likely N-dealkylation sites (N-methyl/N-ethyl adjacent to an activating group) is 1. The molecule has 1 aliphatic rings. The minimum atomic E-state index is -0.567. The molecule has 2 aromatic carbocycles. The molecule has 0 saturated carbocycles. The first kappa shape index (κ1) is 26.7. The van der Waals surface area contributed by atoms with E-state index in [2.05, 4.69) is 25.7 Å². The monoisotopic (exact) mass is 506 g/mol. The van der Waals surface area contributed by atoms with Crippen molar-refractivity contribution in [3.05, 3.63) is 69.1 Å². The number of benzene rings is 2. The quantitative estimate of drug-likeness (QED) is 0.299. The molecule has 1 aromatic heterocycles. The summed E-state index contributed by atoms with van der Waals surface area (Å²) < 4.78 is 17.7. The van der Waals surface area contributed by atoms with Gasteiger partial charge in [-0.2, -0.15) is 0 Å². The summed E-state index contributed by atoms with van der Waals surface area (Å²) in [6.07, 6.45) is 3.19. The van der Waals surface area contributed by atoms with Crippen LogP contribution in [0.1, 0.15) is 73.3 Å². The Morgan fingerprint density at radius 2 is 1.78 bits per heavy atom. The zero-order valence-corrected chi connectivity index (χ0v) is 22.6. The molecule has 3 aromatic rings. The Labute approximate surface area is 219 Å². The second-order valence-electron chi connectivity index (χ2n) is 9.57. The van der Waals surface area contributed by atoms with E-state index in [1.807, 2.05) is 37.3 Å². The number of methoxy groups -OCH3 is 1. The maximum Gasteiger partial charge on any atom is 0.290 e. The molecule has 0 aliphatic carbocycles. The highest BCUT2D eigenvalue weighted by molar-refractivity contribution is 5.99. The summed E-state index contributed by atoms with van der Waals surface area (Å²) in [5.74, 6) is 1.11. The third-order valence-electron chi connectivity index (χ3n) is 7.18. The largest absolute Gasteiger partial charge is 0.493 e. The number of carbonyl (C=O) groups is 1. The smallest absolute Gasteiger partial charge is 0.290 e. The third kappa shape index (κ3) is 5.37. The maximum absolute atomic E-state index is 13.8. The summed E-state index contributed by atoms with van der Waals surface area (Å²) in [6, 6.07) is 10.6. The second-order valence-corrected chi connectivity index (χ2v) is 9.57. The third-order valence-corrected chi connectivity index (χ3v) is 7.18. The lowest BCUT2D eigenvalue weighted by molar-refractivity contribution is 0.0708. The van der Waals surface area contributed by atoms with Gasteiger partial charge in [-0.3, -0.25) is 9.59 Å². The van der Waals surface area contributed by atoms with Crippen LogP contribution in [0.5, 0.6) is 11.5 Å². The first-order valence-corrected chi connectivity index (χ1v) is 13.3. The first-order chi connectivity index (χ1) is 17.9. The van der Waals surface area contributed by atoms with Crippen LogP contribution in [0.2, 0.25) is 0 Å². The van der Waals surface area contributed by atoms with E-state index in [1.165, 1.54) is 0 Å². The molecule has 0 fully saturated rings. The van der Waals surface area contributed by atoms with Crippen LogP contribution < -0.4 is 14.9 Å². The van der Waals surface area contributed by atoms with Crippen LogP contribution in [0.25, 0.3) is 11.0 Å². The fourth-order valence-corrected chi connectivity index (χ4v) is 5.01. The summed E-state index contributed by atoms with van der Waals surface area (Å²) >= 11 is 0. The van der Waals surface area contributed by atoms with E-state index >= 15 is 0 Å². The van der Waals surface area contributed by atoms with Gasteiger partial charge in [-0.25, -0.2) is 0 Å². The molecule has 37 heavy (non-hydrogen) atoms. The van der Waals surface area contributed by atoms with Gasteiger partial charge in [0.2, 0.25) is 5.76 Å². The normalized spacial score (nSPS) is 15.0. The molecule has 1 aliphatic heterocycles. The highest BCUT2D eigenvalue weighted by Gasteiger charge is 2.43. The van der Waals surface area contributed by atoms with Crippen molar-refractivity contribution in [3.8, 4) is 11.5 Å². The molecule has 7 heteroatoms. The molecule has 0 radical (unpaired) electrons. The molecular formula is C30H38N2O5. The predicted molar refractivity (Wildman–Crippen MR) is 146 cm³/mol.